The van der Waals surface area contributed by atoms with Gasteiger partial charge in [0.25, 0.3) is 5.91 Å². The molecule has 0 radical (unpaired) electrons. The number of nitrogens with one attached hydrogen (secondary N) is 2. The van der Waals surface area contributed by atoms with Crippen LogP contribution in [0.25, 0.3) is 11.0 Å². The molecule has 0 fully saturated rings. The number of carbonyl (C=O) groups excluding carboxylic acids is 1. The lowest BCUT2D eigenvalue weighted by molar-refractivity contribution is 0.102. The lowest BCUT2D eigenvalue weighted by atomic mass is 10.1. The molecule has 25 heavy (non-hydrogen) atoms. The third-order valence-corrected chi connectivity index (χ3v) is 3.96. The molecular formula is C19H17ClN2O3. The molecule has 0 aliphatic rings. The van der Waals surface area contributed by atoms with E-state index in [2.05, 4.69) is 10.6 Å². The summed E-state index contributed by atoms with van der Waals surface area (Å²) in [6.45, 7) is 2.68. The first kappa shape index (κ1) is 17.0. The Kier molecular flexibility index (Phi) is 5.05. The maximum absolute atomic E-state index is 12.5. The second-order valence-corrected chi connectivity index (χ2v) is 5.96. The van der Waals surface area contributed by atoms with Crippen LogP contribution < -0.4 is 16.3 Å². The quantitative estimate of drug-likeness (QED) is 0.659. The highest BCUT2D eigenvalue weighted by atomic mass is 35.5. The molecule has 128 valence electrons. The summed E-state index contributed by atoms with van der Waals surface area (Å²) in [6.07, 6.45) is 0.874. The summed E-state index contributed by atoms with van der Waals surface area (Å²) in [4.78, 5) is 24.9. The first-order chi connectivity index (χ1) is 12.1. The molecule has 1 aromatic heterocycles. The molecule has 6 heteroatoms. The summed E-state index contributed by atoms with van der Waals surface area (Å²) in [6, 6.07) is 13.6. The number of fused-ring (bicyclic) bond motifs is 1. The van der Waals surface area contributed by atoms with Crippen LogP contribution >= 0.6 is 11.6 Å². The predicted octanol–water partition coefficient (Wildman–Crippen LogP) is 4.52. The van der Waals surface area contributed by atoms with Crippen molar-refractivity contribution in [2.45, 2.75) is 13.3 Å². The highest BCUT2D eigenvalue weighted by Crippen LogP contribution is 2.29. The summed E-state index contributed by atoms with van der Waals surface area (Å²) in [7, 11) is 0. The van der Waals surface area contributed by atoms with Crippen molar-refractivity contribution in [1.82, 2.24) is 0 Å². The number of halogens is 1. The van der Waals surface area contributed by atoms with E-state index in [1.165, 1.54) is 0 Å². The minimum atomic E-state index is -0.598. The molecule has 2 aromatic carbocycles. The largest absolute Gasteiger partial charge is 0.421 e. The average Bonchev–Trinajstić information content (AvgIpc) is 2.62. The summed E-state index contributed by atoms with van der Waals surface area (Å²) in [5, 5.41) is 7.15. The monoisotopic (exact) mass is 356 g/mol. The van der Waals surface area contributed by atoms with E-state index in [9.17, 15) is 9.59 Å². The van der Waals surface area contributed by atoms with E-state index in [0.29, 0.717) is 28.4 Å². The van der Waals surface area contributed by atoms with Crippen LogP contribution in [0.5, 0.6) is 0 Å². The van der Waals surface area contributed by atoms with Crippen LogP contribution in [0.2, 0.25) is 5.02 Å². The highest BCUT2D eigenvalue weighted by molar-refractivity contribution is 6.30. The van der Waals surface area contributed by atoms with Crippen LogP contribution in [0.4, 0.5) is 11.4 Å². The van der Waals surface area contributed by atoms with Gasteiger partial charge in [0.2, 0.25) is 0 Å². The Bertz CT molecular complexity index is 965. The topological polar surface area (TPSA) is 71.3 Å². The second kappa shape index (κ2) is 7.40. The summed E-state index contributed by atoms with van der Waals surface area (Å²) in [5.74, 6) is -0.404. The smallest absolute Gasteiger partial charge is 0.362 e. The normalized spacial score (nSPS) is 10.6. The van der Waals surface area contributed by atoms with Gasteiger partial charge in [0, 0.05) is 22.5 Å². The van der Waals surface area contributed by atoms with Gasteiger partial charge >= 0.3 is 5.63 Å². The van der Waals surface area contributed by atoms with E-state index in [0.717, 1.165) is 11.8 Å². The first-order valence-corrected chi connectivity index (χ1v) is 8.34. The number of anilines is 2. The SMILES string of the molecule is CCCNc1c(NC(=O)c2ccc(Cl)cc2)c(=O)oc2ccccc12. The molecule has 0 saturated carbocycles. The van der Waals surface area contributed by atoms with E-state index in [4.69, 9.17) is 16.0 Å². The first-order valence-electron chi connectivity index (χ1n) is 7.96. The molecule has 0 unspecified atom stereocenters. The zero-order valence-electron chi connectivity index (χ0n) is 13.6. The van der Waals surface area contributed by atoms with Gasteiger partial charge < -0.3 is 15.1 Å². The van der Waals surface area contributed by atoms with E-state index in [-0.39, 0.29) is 5.69 Å². The molecule has 1 amide bonds. The van der Waals surface area contributed by atoms with Gasteiger partial charge in [-0.3, -0.25) is 4.79 Å². The Balaban J connectivity index is 2.04. The van der Waals surface area contributed by atoms with E-state index < -0.39 is 11.5 Å². The Morgan fingerprint density at radius 2 is 1.80 bits per heavy atom. The van der Waals surface area contributed by atoms with Gasteiger partial charge in [-0.25, -0.2) is 4.79 Å². The zero-order valence-corrected chi connectivity index (χ0v) is 14.4. The molecule has 3 aromatic rings. The number of rotatable bonds is 5. The standard InChI is InChI=1S/C19H17ClN2O3/c1-2-11-21-16-14-5-3-4-6-15(14)25-19(24)17(16)22-18(23)12-7-9-13(20)10-8-12/h3-10,21H,2,11H2,1H3,(H,22,23). The van der Waals surface area contributed by atoms with Crippen LogP contribution in [0.1, 0.15) is 23.7 Å². The molecule has 1 heterocycles. The van der Waals surface area contributed by atoms with Crippen LogP contribution in [-0.2, 0) is 0 Å². The van der Waals surface area contributed by atoms with Crippen molar-refractivity contribution >= 4 is 39.9 Å². The van der Waals surface area contributed by atoms with Crippen LogP contribution in [0.15, 0.2) is 57.7 Å². The maximum Gasteiger partial charge on any atom is 0.362 e. The van der Waals surface area contributed by atoms with Crippen molar-refractivity contribution in [2.24, 2.45) is 0 Å². The maximum atomic E-state index is 12.5. The highest BCUT2D eigenvalue weighted by Gasteiger charge is 2.17. The number of amides is 1. The van der Waals surface area contributed by atoms with Gasteiger partial charge in [0.1, 0.15) is 5.58 Å². The van der Waals surface area contributed by atoms with E-state index in [1.54, 1.807) is 36.4 Å². The van der Waals surface area contributed by atoms with Crippen molar-refractivity contribution in [1.29, 1.82) is 0 Å². The molecule has 0 bridgehead atoms. The van der Waals surface area contributed by atoms with E-state index in [1.807, 2.05) is 19.1 Å². The lowest BCUT2D eigenvalue weighted by Gasteiger charge is -2.14. The molecule has 0 saturated heterocycles. The van der Waals surface area contributed by atoms with Crippen LogP contribution in [0.3, 0.4) is 0 Å². The Morgan fingerprint density at radius 3 is 2.52 bits per heavy atom. The van der Waals surface area contributed by atoms with Crippen LogP contribution in [0, 0.1) is 0 Å². The van der Waals surface area contributed by atoms with E-state index >= 15 is 0 Å². The third kappa shape index (κ3) is 3.67. The Morgan fingerprint density at radius 1 is 1.08 bits per heavy atom. The summed E-state index contributed by atoms with van der Waals surface area (Å²) < 4.78 is 5.34. The lowest BCUT2D eigenvalue weighted by Crippen LogP contribution is -2.20. The van der Waals surface area contributed by atoms with Gasteiger partial charge in [-0.2, -0.15) is 0 Å². The average molecular weight is 357 g/mol. The van der Waals surface area contributed by atoms with Crippen molar-refractivity contribution in [3.8, 4) is 0 Å². The number of carbonyl (C=O) groups is 1. The number of hydrogen-bond donors (Lipinski definition) is 2. The molecule has 0 atom stereocenters. The molecule has 0 aliphatic heterocycles. The summed E-state index contributed by atoms with van der Waals surface area (Å²) >= 11 is 5.84. The molecule has 3 rings (SSSR count). The predicted molar refractivity (Wildman–Crippen MR) is 101 cm³/mol. The van der Waals surface area contributed by atoms with Gasteiger partial charge in [0.15, 0.2) is 5.69 Å². The molecule has 0 spiro atoms. The fourth-order valence-corrected chi connectivity index (χ4v) is 2.61. The minimum Gasteiger partial charge on any atom is -0.421 e. The third-order valence-electron chi connectivity index (χ3n) is 3.71. The number of para-hydroxylation sites is 1. The Hall–Kier alpha value is -2.79. The molecule has 5 nitrogen and oxygen atoms in total. The zero-order chi connectivity index (χ0) is 17.8. The van der Waals surface area contributed by atoms with Gasteiger partial charge in [-0.05, 0) is 42.8 Å². The van der Waals surface area contributed by atoms with Gasteiger partial charge in [-0.15, -0.1) is 0 Å². The van der Waals surface area contributed by atoms with Crippen LogP contribution in [-0.4, -0.2) is 12.5 Å². The Labute approximate surface area is 149 Å². The van der Waals surface area contributed by atoms with Crippen molar-refractivity contribution in [3.05, 3.63) is 69.5 Å². The minimum absolute atomic E-state index is 0.104. The number of hydrogen-bond acceptors (Lipinski definition) is 4. The van der Waals surface area contributed by atoms with Gasteiger partial charge in [0.05, 0.1) is 5.69 Å². The molecular weight excluding hydrogens is 340 g/mol. The fraction of sp³-hybridized carbons (Fsp3) is 0.158. The van der Waals surface area contributed by atoms with Gasteiger partial charge in [-0.1, -0.05) is 30.7 Å². The molecule has 2 N–H and O–H groups in total. The number of benzene rings is 2. The second-order valence-electron chi connectivity index (χ2n) is 5.52. The summed E-state index contributed by atoms with van der Waals surface area (Å²) in [5.41, 5.74) is 0.941. The fourth-order valence-electron chi connectivity index (χ4n) is 2.48. The van der Waals surface area contributed by atoms with Crippen molar-refractivity contribution in [3.63, 3.8) is 0 Å². The van der Waals surface area contributed by atoms with Crippen molar-refractivity contribution < 1.29 is 9.21 Å². The van der Waals surface area contributed by atoms with Crippen molar-refractivity contribution in [2.75, 3.05) is 17.2 Å². The molecule has 0 aliphatic carbocycles.